The molecule has 2 atom stereocenters. The minimum Gasteiger partial charge on any atom is -0.487 e. The second-order valence-electron chi connectivity index (χ2n) is 11.3. The molecule has 2 unspecified atom stereocenters. The Morgan fingerprint density at radius 1 is 0.767 bits per heavy atom. The van der Waals surface area contributed by atoms with Crippen LogP contribution in [0.15, 0.2) is 95.3 Å². The fourth-order valence-corrected chi connectivity index (χ4v) is 4.87. The molecule has 0 saturated heterocycles. The first-order chi connectivity index (χ1) is 20.3. The first-order valence-electron chi connectivity index (χ1n) is 13.7. The van der Waals surface area contributed by atoms with Crippen molar-refractivity contribution < 1.29 is 43.6 Å². The van der Waals surface area contributed by atoms with Crippen LogP contribution in [0.5, 0.6) is 0 Å². The van der Waals surface area contributed by atoms with Crippen molar-refractivity contribution in [2.24, 2.45) is 5.41 Å². The highest BCUT2D eigenvalue weighted by Gasteiger charge is 2.45. The van der Waals surface area contributed by atoms with Crippen LogP contribution in [0.1, 0.15) is 48.9 Å². The highest BCUT2D eigenvalue weighted by Crippen LogP contribution is 2.42. The number of aliphatic carboxylic acids is 2. The molecular weight excluding hydrogens is 552 g/mol. The fourth-order valence-electron chi connectivity index (χ4n) is 4.87. The lowest BCUT2D eigenvalue weighted by atomic mass is 9.75. The van der Waals surface area contributed by atoms with Crippen molar-refractivity contribution in [3.8, 4) is 0 Å². The molecular formula is C34H34O9. The molecule has 0 heterocycles. The van der Waals surface area contributed by atoms with E-state index in [9.17, 15) is 29.4 Å². The summed E-state index contributed by atoms with van der Waals surface area (Å²) < 4.78 is 17.1. The number of ether oxygens (including phenoxy) is 3. The van der Waals surface area contributed by atoms with Crippen molar-refractivity contribution in [3.63, 3.8) is 0 Å². The fraction of sp³-hybridized carbons (Fsp3) is 0.294. The smallest absolute Gasteiger partial charge is 0.336 e. The molecule has 2 aliphatic rings. The molecule has 2 aromatic rings. The van der Waals surface area contributed by atoms with Crippen LogP contribution >= 0.6 is 0 Å². The van der Waals surface area contributed by atoms with Gasteiger partial charge < -0.3 is 24.4 Å². The maximum Gasteiger partial charge on any atom is 0.336 e. The summed E-state index contributed by atoms with van der Waals surface area (Å²) in [6.07, 6.45) is 5.38. The third-order valence-corrected chi connectivity index (χ3v) is 7.53. The lowest BCUT2D eigenvalue weighted by Gasteiger charge is -2.36. The van der Waals surface area contributed by atoms with Gasteiger partial charge >= 0.3 is 23.9 Å². The van der Waals surface area contributed by atoms with Crippen LogP contribution in [0, 0.1) is 19.3 Å². The van der Waals surface area contributed by atoms with Crippen LogP contribution < -0.4 is 0 Å². The van der Waals surface area contributed by atoms with Gasteiger partial charge in [-0.05, 0) is 63.1 Å². The molecule has 9 heteroatoms. The number of carboxylic acid groups (broad SMARTS) is 2. The zero-order valence-corrected chi connectivity index (χ0v) is 24.5. The second kappa shape index (κ2) is 12.5. The molecule has 0 aliphatic heterocycles. The van der Waals surface area contributed by atoms with Crippen molar-refractivity contribution in [1.82, 2.24) is 0 Å². The highest BCUT2D eigenvalue weighted by atomic mass is 16.5. The maximum atomic E-state index is 13.0. The second-order valence-corrected chi connectivity index (χ2v) is 11.3. The number of hydrogen-bond donors (Lipinski definition) is 2. The topological polar surface area (TPSA) is 136 Å². The third kappa shape index (κ3) is 7.30. The molecule has 2 N–H and O–H groups in total. The largest absolute Gasteiger partial charge is 0.487 e. The SMILES string of the molecule is Cc1ccc(COC(=O)C2=CC=C(OC3(C)C=CC(C(=O)O)=C(C(=O)OCc4ccc(C)cc4)C3)CC2(C)C(=O)O)cc1. The summed E-state index contributed by atoms with van der Waals surface area (Å²) in [6, 6.07) is 14.8. The average Bonchev–Trinajstić information content (AvgIpc) is 2.96. The highest BCUT2D eigenvalue weighted by molar-refractivity contribution is 6.02. The average molecular weight is 587 g/mol. The Kier molecular flexibility index (Phi) is 9.04. The summed E-state index contributed by atoms with van der Waals surface area (Å²) in [7, 11) is 0. The summed E-state index contributed by atoms with van der Waals surface area (Å²) in [5.41, 5.74) is 0.475. The van der Waals surface area contributed by atoms with E-state index in [1.807, 2.05) is 62.4 Å². The van der Waals surface area contributed by atoms with E-state index in [4.69, 9.17) is 14.2 Å². The van der Waals surface area contributed by atoms with Crippen LogP contribution in [0.4, 0.5) is 0 Å². The van der Waals surface area contributed by atoms with E-state index in [1.165, 1.54) is 31.2 Å². The number of benzene rings is 2. The molecule has 2 aliphatic carbocycles. The van der Waals surface area contributed by atoms with Gasteiger partial charge in [-0.1, -0.05) is 59.7 Å². The van der Waals surface area contributed by atoms with Crippen LogP contribution in [-0.4, -0.2) is 39.7 Å². The summed E-state index contributed by atoms with van der Waals surface area (Å²) in [5.74, 6) is -3.82. The lowest BCUT2D eigenvalue weighted by Crippen LogP contribution is -2.38. The molecule has 224 valence electrons. The number of allylic oxidation sites excluding steroid dienone is 3. The third-order valence-electron chi connectivity index (χ3n) is 7.53. The maximum absolute atomic E-state index is 13.0. The monoisotopic (exact) mass is 586 g/mol. The number of esters is 2. The van der Waals surface area contributed by atoms with Crippen molar-refractivity contribution in [1.29, 1.82) is 0 Å². The van der Waals surface area contributed by atoms with E-state index in [0.29, 0.717) is 0 Å². The Bertz CT molecular complexity index is 1560. The van der Waals surface area contributed by atoms with Crippen molar-refractivity contribution in [3.05, 3.63) is 118 Å². The molecule has 4 rings (SSSR count). The van der Waals surface area contributed by atoms with Crippen LogP contribution in [0.2, 0.25) is 0 Å². The van der Waals surface area contributed by atoms with Gasteiger partial charge in [-0.2, -0.15) is 0 Å². The molecule has 2 aromatic carbocycles. The lowest BCUT2D eigenvalue weighted by molar-refractivity contribution is -0.152. The van der Waals surface area contributed by atoms with Crippen molar-refractivity contribution in [2.45, 2.75) is 59.4 Å². The van der Waals surface area contributed by atoms with Gasteiger partial charge in [-0.15, -0.1) is 0 Å². The van der Waals surface area contributed by atoms with E-state index >= 15 is 0 Å². The predicted octanol–water partition coefficient (Wildman–Crippen LogP) is 5.51. The molecule has 0 aromatic heterocycles. The van der Waals surface area contributed by atoms with Crippen LogP contribution in [0.3, 0.4) is 0 Å². The van der Waals surface area contributed by atoms with E-state index in [0.717, 1.165) is 22.3 Å². The van der Waals surface area contributed by atoms with Crippen LogP contribution in [0.25, 0.3) is 0 Å². The minimum absolute atomic E-state index is 0.0108. The number of carbonyl (C=O) groups excluding carboxylic acids is 2. The standard InChI is InChI=1S/C34H34O9/c1-21-5-9-23(10-6-21)19-41-30(37)27-18-33(3,16-15-26(27)29(35)36)43-25-13-14-28(34(4,17-25)32(39)40)31(38)42-20-24-11-7-22(2)8-12-24/h5-16H,17-20H2,1-4H3,(H,35,36)(H,39,40). The Morgan fingerprint density at radius 2 is 1.30 bits per heavy atom. The van der Waals surface area contributed by atoms with E-state index < -0.39 is 34.9 Å². The van der Waals surface area contributed by atoms with E-state index in [2.05, 4.69) is 0 Å². The number of carboxylic acids is 2. The Labute approximate surface area is 249 Å². The molecule has 9 nitrogen and oxygen atoms in total. The minimum atomic E-state index is -1.65. The normalized spacial score (nSPS) is 21.4. The molecule has 0 radical (unpaired) electrons. The quantitative estimate of drug-likeness (QED) is 0.345. The van der Waals surface area contributed by atoms with Gasteiger partial charge in [0.2, 0.25) is 0 Å². The van der Waals surface area contributed by atoms with Crippen LogP contribution in [-0.2, 0) is 46.6 Å². The molecule has 0 saturated carbocycles. The van der Waals surface area contributed by atoms with E-state index in [1.54, 1.807) is 6.92 Å². The Morgan fingerprint density at radius 3 is 1.81 bits per heavy atom. The zero-order chi connectivity index (χ0) is 31.4. The summed E-state index contributed by atoms with van der Waals surface area (Å²) >= 11 is 0. The van der Waals surface area contributed by atoms with Gasteiger partial charge in [0.05, 0.1) is 22.5 Å². The first kappa shape index (κ1) is 31.0. The Balaban J connectivity index is 1.50. The van der Waals surface area contributed by atoms with Crippen molar-refractivity contribution in [2.75, 3.05) is 0 Å². The number of rotatable bonds is 10. The van der Waals surface area contributed by atoms with E-state index in [-0.39, 0.29) is 48.5 Å². The molecule has 0 bridgehead atoms. The Hall–Kier alpha value is -4.92. The summed E-state index contributed by atoms with van der Waals surface area (Å²) in [5, 5.41) is 19.8. The zero-order valence-electron chi connectivity index (χ0n) is 24.5. The summed E-state index contributed by atoms with van der Waals surface area (Å²) in [6.45, 7) is 6.90. The van der Waals surface area contributed by atoms with Gasteiger partial charge in [-0.3, -0.25) is 4.79 Å². The number of hydrogen-bond acceptors (Lipinski definition) is 7. The molecule has 0 amide bonds. The molecule has 0 fully saturated rings. The van der Waals surface area contributed by atoms with Gasteiger partial charge in [0.1, 0.15) is 24.2 Å². The molecule has 43 heavy (non-hydrogen) atoms. The van der Waals surface area contributed by atoms with Crippen molar-refractivity contribution >= 4 is 23.9 Å². The van der Waals surface area contributed by atoms with Gasteiger partial charge in [-0.25, -0.2) is 14.4 Å². The molecule has 0 spiro atoms. The van der Waals surface area contributed by atoms with Gasteiger partial charge in [0.15, 0.2) is 0 Å². The predicted molar refractivity (Wildman–Crippen MR) is 156 cm³/mol. The van der Waals surface area contributed by atoms with Gasteiger partial charge in [0, 0.05) is 12.8 Å². The number of carbonyl (C=O) groups is 4. The first-order valence-corrected chi connectivity index (χ1v) is 13.7. The summed E-state index contributed by atoms with van der Waals surface area (Å²) in [4.78, 5) is 50.3. The van der Waals surface area contributed by atoms with Gasteiger partial charge in [0.25, 0.3) is 0 Å². The number of aryl methyl sites for hydroxylation is 2.